The van der Waals surface area contributed by atoms with Crippen LogP contribution >= 0.6 is 0 Å². The maximum atomic E-state index is 12.1. The standard InChI is InChI=1S/C19H18N4O2/c1-25-17-7-3-2-5-14(17)12-21-18-9-8-16(13-22-18)23-19(24)15-6-4-10-20-11-15/h2-11,13H,12H2,1H3,(H,21,22)(H,23,24). The number of aromatic nitrogens is 2. The number of para-hydroxylation sites is 1. The Hall–Kier alpha value is -3.41. The van der Waals surface area contributed by atoms with Gasteiger partial charge >= 0.3 is 0 Å². The molecule has 0 aliphatic carbocycles. The molecule has 0 aliphatic rings. The van der Waals surface area contributed by atoms with Crippen LogP contribution in [0.15, 0.2) is 67.1 Å². The van der Waals surface area contributed by atoms with Crippen molar-refractivity contribution in [2.24, 2.45) is 0 Å². The van der Waals surface area contributed by atoms with Gasteiger partial charge in [-0.05, 0) is 30.3 Å². The molecule has 0 spiro atoms. The van der Waals surface area contributed by atoms with Crippen molar-refractivity contribution in [1.29, 1.82) is 0 Å². The largest absolute Gasteiger partial charge is 0.496 e. The fourth-order valence-corrected chi connectivity index (χ4v) is 2.31. The Morgan fingerprint density at radius 3 is 2.68 bits per heavy atom. The van der Waals surface area contributed by atoms with Crippen LogP contribution in [0.5, 0.6) is 5.75 Å². The van der Waals surface area contributed by atoms with E-state index in [0.717, 1.165) is 11.3 Å². The van der Waals surface area contributed by atoms with Crippen molar-refractivity contribution in [3.8, 4) is 5.75 Å². The summed E-state index contributed by atoms with van der Waals surface area (Å²) >= 11 is 0. The number of rotatable bonds is 6. The highest BCUT2D eigenvalue weighted by molar-refractivity contribution is 6.03. The number of anilines is 2. The Morgan fingerprint density at radius 1 is 1.08 bits per heavy atom. The van der Waals surface area contributed by atoms with E-state index in [9.17, 15) is 4.79 Å². The third-order valence-corrected chi connectivity index (χ3v) is 3.60. The van der Waals surface area contributed by atoms with E-state index in [1.807, 2.05) is 30.3 Å². The molecule has 0 bridgehead atoms. The lowest BCUT2D eigenvalue weighted by Gasteiger charge is -2.10. The van der Waals surface area contributed by atoms with Crippen LogP contribution in [-0.2, 0) is 6.54 Å². The minimum Gasteiger partial charge on any atom is -0.496 e. The highest BCUT2D eigenvalue weighted by Crippen LogP contribution is 2.19. The summed E-state index contributed by atoms with van der Waals surface area (Å²) < 4.78 is 5.33. The zero-order valence-electron chi connectivity index (χ0n) is 13.8. The minimum absolute atomic E-state index is 0.218. The summed E-state index contributed by atoms with van der Waals surface area (Å²) in [5.74, 6) is 1.32. The smallest absolute Gasteiger partial charge is 0.257 e. The third kappa shape index (κ3) is 4.32. The van der Waals surface area contributed by atoms with E-state index in [1.54, 1.807) is 37.7 Å². The van der Waals surface area contributed by atoms with Crippen molar-refractivity contribution in [1.82, 2.24) is 9.97 Å². The molecular weight excluding hydrogens is 316 g/mol. The molecule has 126 valence electrons. The number of carbonyl (C=O) groups excluding carboxylic acids is 1. The summed E-state index contributed by atoms with van der Waals surface area (Å²) in [6.45, 7) is 0.596. The molecule has 2 heterocycles. The summed E-state index contributed by atoms with van der Waals surface area (Å²) in [6, 6.07) is 14.8. The summed E-state index contributed by atoms with van der Waals surface area (Å²) in [5, 5.41) is 6.02. The zero-order valence-corrected chi connectivity index (χ0v) is 13.8. The van der Waals surface area contributed by atoms with E-state index >= 15 is 0 Å². The van der Waals surface area contributed by atoms with Gasteiger partial charge in [-0.15, -0.1) is 0 Å². The van der Waals surface area contributed by atoms with Crippen molar-refractivity contribution in [2.45, 2.75) is 6.54 Å². The van der Waals surface area contributed by atoms with Crippen molar-refractivity contribution in [3.05, 3.63) is 78.2 Å². The first kappa shape index (κ1) is 16.4. The quantitative estimate of drug-likeness (QED) is 0.723. The lowest BCUT2D eigenvalue weighted by Crippen LogP contribution is -2.12. The maximum absolute atomic E-state index is 12.1. The predicted molar refractivity (Wildman–Crippen MR) is 96.7 cm³/mol. The fourth-order valence-electron chi connectivity index (χ4n) is 2.31. The van der Waals surface area contributed by atoms with Gasteiger partial charge in [-0.3, -0.25) is 9.78 Å². The molecule has 1 amide bonds. The third-order valence-electron chi connectivity index (χ3n) is 3.60. The molecule has 2 N–H and O–H groups in total. The number of hydrogen-bond donors (Lipinski definition) is 2. The average molecular weight is 334 g/mol. The molecule has 0 fully saturated rings. The van der Waals surface area contributed by atoms with Gasteiger partial charge in [-0.25, -0.2) is 4.98 Å². The summed E-state index contributed by atoms with van der Waals surface area (Å²) in [7, 11) is 1.65. The molecule has 1 aromatic carbocycles. The number of carbonyl (C=O) groups is 1. The summed E-state index contributed by atoms with van der Waals surface area (Å²) in [6.07, 6.45) is 4.76. The molecule has 6 nitrogen and oxygen atoms in total. The fraction of sp³-hybridized carbons (Fsp3) is 0.105. The Morgan fingerprint density at radius 2 is 1.96 bits per heavy atom. The number of benzene rings is 1. The Labute approximate surface area is 145 Å². The van der Waals surface area contributed by atoms with Crippen molar-refractivity contribution in [2.75, 3.05) is 17.7 Å². The molecular formula is C19H18N4O2. The molecule has 0 unspecified atom stereocenters. The number of ether oxygens (including phenoxy) is 1. The van der Waals surface area contributed by atoms with Crippen LogP contribution in [0.3, 0.4) is 0 Å². The van der Waals surface area contributed by atoms with E-state index in [4.69, 9.17) is 4.74 Å². The van der Waals surface area contributed by atoms with Crippen LogP contribution in [0.25, 0.3) is 0 Å². The van der Waals surface area contributed by atoms with Crippen LogP contribution in [-0.4, -0.2) is 23.0 Å². The van der Waals surface area contributed by atoms with Gasteiger partial charge in [0.05, 0.1) is 24.6 Å². The normalized spacial score (nSPS) is 10.1. The van der Waals surface area contributed by atoms with Crippen LogP contribution in [0.2, 0.25) is 0 Å². The lowest BCUT2D eigenvalue weighted by atomic mass is 10.2. The van der Waals surface area contributed by atoms with Crippen LogP contribution in [0.1, 0.15) is 15.9 Å². The predicted octanol–water partition coefficient (Wildman–Crippen LogP) is 3.35. The Balaban J connectivity index is 1.60. The molecule has 3 rings (SSSR count). The van der Waals surface area contributed by atoms with E-state index in [-0.39, 0.29) is 5.91 Å². The van der Waals surface area contributed by atoms with Gasteiger partial charge in [-0.2, -0.15) is 0 Å². The number of methoxy groups -OCH3 is 1. The zero-order chi connectivity index (χ0) is 17.5. The number of pyridine rings is 2. The number of amides is 1. The number of hydrogen-bond acceptors (Lipinski definition) is 5. The molecule has 0 saturated heterocycles. The Bertz CT molecular complexity index is 836. The number of nitrogens with one attached hydrogen (secondary N) is 2. The van der Waals surface area contributed by atoms with Crippen LogP contribution in [0, 0.1) is 0 Å². The minimum atomic E-state index is -0.218. The summed E-state index contributed by atoms with van der Waals surface area (Å²) in [4.78, 5) is 20.3. The van der Waals surface area contributed by atoms with E-state index in [0.29, 0.717) is 23.6 Å². The highest BCUT2D eigenvalue weighted by atomic mass is 16.5. The first-order chi connectivity index (χ1) is 12.3. The van der Waals surface area contributed by atoms with Gasteiger partial charge in [0.15, 0.2) is 0 Å². The molecule has 0 atom stereocenters. The second-order valence-electron chi connectivity index (χ2n) is 5.29. The number of nitrogens with zero attached hydrogens (tertiary/aromatic N) is 2. The van der Waals surface area contributed by atoms with Crippen LogP contribution < -0.4 is 15.4 Å². The SMILES string of the molecule is COc1ccccc1CNc1ccc(NC(=O)c2cccnc2)cn1. The second kappa shape index (κ2) is 7.92. The van der Waals surface area contributed by atoms with Crippen molar-refractivity contribution < 1.29 is 9.53 Å². The molecule has 0 radical (unpaired) electrons. The van der Waals surface area contributed by atoms with Crippen molar-refractivity contribution >= 4 is 17.4 Å². The van der Waals surface area contributed by atoms with Gasteiger partial charge in [0.1, 0.15) is 11.6 Å². The molecule has 2 aromatic heterocycles. The molecule has 0 aliphatic heterocycles. The Kier molecular flexibility index (Phi) is 5.21. The lowest BCUT2D eigenvalue weighted by molar-refractivity contribution is 0.102. The molecule has 25 heavy (non-hydrogen) atoms. The van der Waals surface area contributed by atoms with Gasteiger partial charge < -0.3 is 15.4 Å². The van der Waals surface area contributed by atoms with Gasteiger partial charge in [0.2, 0.25) is 0 Å². The van der Waals surface area contributed by atoms with Gasteiger partial charge in [-0.1, -0.05) is 18.2 Å². The van der Waals surface area contributed by atoms with Crippen LogP contribution in [0.4, 0.5) is 11.5 Å². The monoisotopic (exact) mass is 334 g/mol. The molecule has 3 aromatic rings. The van der Waals surface area contributed by atoms with Crippen molar-refractivity contribution in [3.63, 3.8) is 0 Å². The highest BCUT2D eigenvalue weighted by Gasteiger charge is 2.06. The molecule has 6 heteroatoms. The van der Waals surface area contributed by atoms with Gasteiger partial charge in [0.25, 0.3) is 5.91 Å². The average Bonchev–Trinajstić information content (AvgIpc) is 2.68. The topological polar surface area (TPSA) is 76.1 Å². The van der Waals surface area contributed by atoms with E-state index in [1.165, 1.54) is 6.20 Å². The first-order valence-electron chi connectivity index (χ1n) is 7.79. The first-order valence-corrected chi connectivity index (χ1v) is 7.79. The maximum Gasteiger partial charge on any atom is 0.257 e. The second-order valence-corrected chi connectivity index (χ2v) is 5.29. The molecule has 0 saturated carbocycles. The van der Waals surface area contributed by atoms with E-state index < -0.39 is 0 Å². The van der Waals surface area contributed by atoms with Gasteiger partial charge in [0, 0.05) is 24.5 Å². The summed E-state index contributed by atoms with van der Waals surface area (Å²) in [5.41, 5.74) is 2.17. The van der Waals surface area contributed by atoms with E-state index in [2.05, 4.69) is 20.6 Å².